The number of halogens is 4. The fourth-order valence-corrected chi connectivity index (χ4v) is 1.35. The average Bonchev–Trinajstić information content (AvgIpc) is 2.23. The Labute approximate surface area is 105 Å². The quantitative estimate of drug-likeness (QED) is 0.648. The standard InChI is InChI=1S/C9H9ClF3N3O2/c1-4-15-7(10)5(3-17)8(16-4)14-2-6(18)9(11,12)13/h3,6,18H,2H2,1H3,(H,14,15,16). The summed E-state index contributed by atoms with van der Waals surface area (Å²) in [6.45, 7) is 0.628. The molecular formula is C9H9ClF3N3O2. The number of alkyl halides is 3. The van der Waals surface area contributed by atoms with Crippen molar-refractivity contribution in [3.63, 3.8) is 0 Å². The molecule has 1 unspecified atom stereocenters. The number of aliphatic hydroxyl groups is 1. The first-order valence-electron chi connectivity index (χ1n) is 4.73. The molecule has 0 radical (unpaired) electrons. The van der Waals surface area contributed by atoms with Crippen LogP contribution in [0, 0.1) is 6.92 Å². The zero-order valence-electron chi connectivity index (χ0n) is 9.12. The third-order valence-corrected chi connectivity index (χ3v) is 2.26. The Morgan fingerprint density at radius 1 is 1.50 bits per heavy atom. The zero-order chi connectivity index (χ0) is 13.9. The molecule has 0 aromatic carbocycles. The molecule has 100 valence electrons. The highest BCUT2D eigenvalue weighted by atomic mass is 35.5. The molecule has 0 spiro atoms. The molecule has 1 aromatic heterocycles. The Balaban J connectivity index is 2.88. The van der Waals surface area contributed by atoms with Gasteiger partial charge >= 0.3 is 6.18 Å². The highest BCUT2D eigenvalue weighted by molar-refractivity contribution is 6.32. The van der Waals surface area contributed by atoms with Crippen LogP contribution in [0.2, 0.25) is 5.15 Å². The van der Waals surface area contributed by atoms with Crippen LogP contribution in [-0.2, 0) is 0 Å². The van der Waals surface area contributed by atoms with Gasteiger partial charge < -0.3 is 10.4 Å². The average molecular weight is 284 g/mol. The van der Waals surface area contributed by atoms with Gasteiger partial charge in [-0.1, -0.05) is 11.6 Å². The Bertz CT molecular complexity index is 453. The van der Waals surface area contributed by atoms with E-state index in [9.17, 15) is 18.0 Å². The molecule has 1 heterocycles. The minimum atomic E-state index is -4.75. The second kappa shape index (κ2) is 5.49. The monoisotopic (exact) mass is 283 g/mol. The van der Waals surface area contributed by atoms with E-state index < -0.39 is 18.8 Å². The van der Waals surface area contributed by atoms with Crippen LogP contribution >= 0.6 is 11.6 Å². The van der Waals surface area contributed by atoms with Crippen molar-refractivity contribution in [2.75, 3.05) is 11.9 Å². The summed E-state index contributed by atoms with van der Waals surface area (Å²) in [7, 11) is 0. The first kappa shape index (κ1) is 14.7. The molecule has 0 saturated heterocycles. The van der Waals surface area contributed by atoms with Gasteiger partial charge in [0.25, 0.3) is 0 Å². The van der Waals surface area contributed by atoms with Crippen molar-refractivity contribution < 1.29 is 23.1 Å². The van der Waals surface area contributed by atoms with E-state index in [1.54, 1.807) is 0 Å². The molecule has 1 atom stereocenters. The lowest BCUT2D eigenvalue weighted by atomic mass is 10.3. The fourth-order valence-electron chi connectivity index (χ4n) is 1.10. The molecule has 0 fully saturated rings. The minimum Gasteiger partial charge on any atom is -0.382 e. The summed E-state index contributed by atoms with van der Waals surface area (Å²) in [6, 6.07) is 0. The number of aliphatic hydroxyl groups excluding tert-OH is 1. The Morgan fingerprint density at radius 2 is 2.11 bits per heavy atom. The first-order chi connectivity index (χ1) is 8.25. The van der Waals surface area contributed by atoms with Crippen molar-refractivity contribution in [1.29, 1.82) is 0 Å². The molecule has 5 nitrogen and oxygen atoms in total. The van der Waals surface area contributed by atoms with Crippen LogP contribution in [0.25, 0.3) is 0 Å². The smallest absolute Gasteiger partial charge is 0.382 e. The Morgan fingerprint density at radius 3 is 2.61 bits per heavy atom. The number of carbonyl (C=O) groups excluding carboxylic acids is 1. The number of aldehydes is 1. The lowest BCUT2D eigenvalue weighted by molar-refractivity contribution is -0.198. The van der Waals surface area contributed by atoms with E-state index in [0.717, 1.165) is 0 Å². The number of aryl methyl sites for hydroxylation is 1. The Hall–Kier alpha value is -1.41. The number of anilines is 1. The van der Waals surface area contributed by atoms with E-state index in [1.165, 1.54) is 6.92 Å². The maximum absolute atomic E-state index is 12.1. The van der Waals surface area contributed by atoms with Gasteiger partial charge in [-0.25, -0.2) is 9.97 Å². The van der Waals surface area contributed by atoms with Crippen molar-refractivity contribution in [3.05, 3.63) is 16.5 Å². The molecule has 1 aromatic rings. The van der Waals surface area contributed by atoms with Gasteiger partial charge in [-0.15, -0.1) is 0 Å². The SMILES string of the molecule is Cc1nc(Cl)c(C=O)c(NCC(O)C(F)(F)F)n1. The molecule has 18 heavy (non-hydrogen) atoms. The van der Waals surface area contributed by atoms with Crippen molar-refractivity contribution in [3.8, 4) is 0 Å². The molecule has 0 aliphatic carbocycles. The molecule has 0 aliphatic heterocycles. The molecule has 2 N–H and O–H groups in total. The van der Waals surface area contributed by atoms with E-state index in [0.29, 0.717) is 6.29 Å². The minimum absolute atomic E-state index is 0.147. The molecule has 0 saturated carbocycles. The van der Waals surface area contributed by atoms with Crippen LogP contribution in [0.3, 0.4) is 0 Å². The highest BCUT2D eigenvalue weighted by Gasteiger charge is 2.38. The second-order valence-electron chi connectivity index (χ2n) is 3.38. The van der Waals surface area contributed by atoms with Gasteiger partial charge in [-0.2, -0.15) is 13.2 Å². The summed E-state index contributed by atoms with van der Waals surface area (Å²) in [5.74, 6) is 0.0420. The van der Waals surface area contributed by atoms with E-state index in [-0.39, 0.29) is 22.4 Å². The number of nitrogens with zero attached hydrogens (tertiary/aromatic N) is 2. The van der Waals surface area contributed by atoms with Gasteiger partial charge in [0.15, 0.2) is 12.4 Å². The van der Waals surface area contributed by atoms with Gasteiger partial charge in [-0.05, 0) is 6.92 Å². The van der Waals surface area contributed by atoms with Gasteiger partial charge in [0.05, 0.1) is 12.1 Å². The van der Waals surface area contributed by atoms with Gasteiger partial charge in [0.2, 0.25) is 0 Å². The van der Waals surface area contributed by atoms with Crippen molar-refractivity contribution in [1.82, 2.24) is 9.97 Å². The van der Waals surface area contributed by atoms with Crippen molar-refractivity contribution in [2.24, 2.45) is 0 Å². The topological polar surface area (TPSA) is 75.1 Å². The van der Waals surface area contributed by atoms with E-state index >= 15 is 0 Å². The summed E-state index contributed by atoms with van der Waals surface area (Å²) in [4.78, 5) is 18.1. The molecule has 1 rings (SSSR count). The largest absolute Gasteiger partial charge is 0.416 e. The summed E-state index contributed by atoms with van der Waals surface area (Å²) in [6.07, 6.45) is -6.99. The number of carbonyl (C=O) groups is 1. The van der Waals surface area contributed by atoms with E-state index in [4.69, 9.17) is 16.7 Å². The van der Waals surface area contributed by atoms with E-state index in [1.807, 2.05) is 0 Å². The maximum atomic E-state index is 12.1. The van der Waals surface area contributed by atoms with Crippen molar-refractivity contribution >= 4 is 23.7 Å². The molecule has 0 bridgehead atoms. The normalized spacial score (nSPS) is 13.2. The van der Waals surface area contributed by atoms with Crippen molar-refractivity contribution in [2.45, 2.75) is 19.2 Å². The third kappa shape index (κ3) is 3.54. The van der Waals surface area contributed by atoms with Gasteiger partial charge in [-0.3, -0.25) is 4.79 Å². The number of rotatable bonds is 4. The lowest BCUT2D eigenvalue weighted by Gasteiger charge is -2.16. The van der Waals surface area contributed by atoms with Crippen LogP contribution < -0.4 is 5.32 Å². The fraction of sp³-hybridized carbons (Fsp3) is 0.444. The van der Waals surface area contributed by atoms with Crippen LogP contribution in [0.4, 0.5) is 19.0 Å². The molecular weight excluding hydrogens is 275 g/mol. The summed E-state index contributed by atoms with van der Waals surface area (Å²) >= 11 is 5.63. The van der Waals surface area contributed by atoms with Crippen LogP contribution in [0.1, 0.15) is 16.2 Å². The predicted molar refractivity (Wildman–Crippen MR) is 57.7 cm³/mol. The van der Waals surface area contributed by atoms with Gasteiger partial charge in [0.1, 0.15) is 16.8 Å². The molecule has 0 aliphatic rings. The lowest BCUT2D eigenvalue weighted by Crippen LogP contribution is -2.35. The summed E-state index contributed by atoms with van der Waals surface area (Å²) in [5, 5.41) is 10.8. The number of nitrogens with one attached hydrogen (secondary N) is 1. The van der Waals surface area contributed by atoms with Gasteiger partial charge in [0, 0.05) is 0 Å². The van der Waals surface area contributed by atoms with E-state index in [2.05, 4.69) is 15.3 Å². The third-order valence-electron chi connectivity index (χ3n) is 1.97. The van der Waals surface area contributed by atoms with Crippen LogP contribution in [-0.4, -0.2) is 40.2 Å². The zero-order valence-corrected chi connectivity index (χ0v) is 9.88. The first-order valence-corrected chi connectivity index (χ1v) is 5.11. The molecule has 9 heteroatoms. The van der Waals surface area contributed by atoms with Crippen LogP contribution in [0.5, 0.6) is 0 Å². The number of aromatic nitrogens is 2. The maximum Gasteiger partial charge on any atom is 0.416 e. The highest BCUT2D eigenvalue weighted by Crippen LogP contribution is 2.22. The van der Waals surface area contributed by atoms with Crippen LogP contribution in [0.15, 0.2) is 0 Å². The second-order valence-corrected chi connectivity index (χ2v) is 3.74. The summed E-state index contributed by atoms with van der Waals surface area (Å²) < 4.78 is 36.2. The Kier molecular flexibility index (Phi) is 4.47. The number of hydrogen-bond donors (Lipinski definition) is 2. The molecule has 0 amide bonds. The summed E-state index contributed by atoms with van der Waals surface area (Å²) in [5.41, 5.74) is -0.156. The number of hydrogen-bond acceptors (Lipinski definition) is 5. The predicted octanol–water partition coefficient (Wildman–Crippen LogP) is 1.59.